The predicted molar refractivity (Wildman–Crippen MR) is 139 cm³/mol. The third-order valence-corrected chi connectivity index (χ3v) is 9.02. The van der Waals surface area contributed by atoms with Crippen molar-refractivity contribution in [3.8, 4) is 5.75 Å². The second-order valence-electron chi connectivity index (χ2n) is 9.06. The molecule has 2 fully saturated rings. The molecular formula is C24H28Cl3N3O4S. The average molecular weight is 561 g/mol. The fourth-order valence-electron chi connectivity index (χ4n) is 4.78. The minimum Gasteiger partial charge on any atom is -0.490 e. The smallest absolute Gasteiger partial charge is 0.320 e. The summed E-state index contributed by atoms with van der Waals surface area (Å²) < 4.78 is 31.3. The number of amides is 2. The van der Waals surface area contributed by atoms with Crippen LogP contribution in [-0.2, 0) is 10.0 Å². The molecule has 0 aliphatic carbocycles. The Morgan fingerprint density at radius 3 is 2.20 bits per heavy atom. The summed E-state index contributed by atoms with van der Waals surface area (Å²) in [5.74, 6) is 0.703. The third kappa shape index (κ3) is 6.17. The van der Waals surface area contributed by atoms with E-state index >= 15 is 0 Å². The molecule has 2 aliphatic rings. The number of hydrogen-bond acceptors (Lipinski definition) is 4. The molecule has 2 amide bonds. The number of halogens is 3. The first-order chi connectivity index (χ1) is 16.5. The summed E-state index contributed by atoms with van der Waals surface area (Å²) in [5, 5.41) is 1.58. The molecule has 7 nitrogen and oxygen atoms in total. The first kappa shape index (κ1) is 26.4. The van der Waals surface area contributed by atoms with E-state index in [4.69, 9.17) is 39.5 Å². The van der Waals surface area contributed by atoms with Crippen molar-refractivity contribution in [2.45, 2.75) is 18.9 Å². The molecule has 0 radical (unpaired) electrons. The maximum absolute atomic E-state index is 13.4. The molecule has 0 bridgehead atoms. The molecule has 2 aromatic carbocycles. The van der Waals surface area contributed by atoms with E-state index in [1.54, 1.807) is 23.1 Å². The second kappa shape index (κ2) is 10.7. The zero-order chi connectivity index (χ0) is 25.3. The number of carbonyl (C=O) groups excluding carboxylic acids is 1. The Morgan fingerprint density at radius 1 is 0.943 bits per heavy atom. The van der Waals surface area contributed by atoms with Gasteiger partial charge in [0.15, 0.2) is 0 Å². The van der Waals surface area contributed by atoms with Crippen molar-refractivity contribution in [3.05, 3.63) is 63.1 Å². The van der Waals surface area contributed by atoms with Crippen LogP contribution < -0.4 is 4.74 Å². The zero-order valence-electron chi connectivity index (χ0n) is 19.5. The van der Waals surface area contributed by atoms with Crippen LogP contribution in [0.1, 0.15) is 18.4 Å². The molecule has 11 heteroatoms. The van der Waals surface area contributed by atoms with Gasteiger partial charge < -0.3 is 14.5 Å². The lowest BCUT2D eigenvalue weighted by Gasteiger charge is -2.35. The molecule has 0 saturated carbocycles. The number of carbonyl (C=O) groups is 1. The van der Waals surface area contributed by atoms with Crippen LogP contribution in [0.5, 0.6) is 5.75 Å². The summed E-state index contributed by atoms with van der Waals surface area (Å²) in [6, 6.07) is 12.7. The van der Waals surface area contributed by atoms with Crippen molar-refractivity contribution in [2.75, 3.05) is 45.5 Å². The minimum atomic E-state index is -3.27. The largest absolute Gasteiger partial charge is 0.490 e. The van der Waals surface area contributed by atoms with Crippen molar-refractivity contribution in [2.24, 2.45) is 5.92 Å². The summed E-state index contributed by atoms with van der Waals surface area (Å²) in [7, 11) is -3.27. The molecular weight excluding hydrogens is 533 g/mol. The fourth-order valence-corrected chi connectivity index (χ4v) is 6.04. The maximum Gasteiger partial charge on any atom is 0.320 e. The van der Waals surface area contributed by atoms with E-state index in [1.807, 2.05) is 36.1 Å². The maximum atomic E-state index is 13.4. The van der Waals surface area contributed by atoms with Gasteiger partial charge in [0.1, 0.15) is 11.9 Å². The van der Waals surface area contributed by atoms with Crippen molar-refractivity contribution in [1.29, 1.82) is 0 Å². The van der Waals surface area contributed by atoms with E-state index in [9.17, 15) is 13.2 Å². The number of ether oxygens (including phenoxy) is 1. The molecule has 35 heavy (non-hydrogen) atoms. The molecule has 0 unspecified atom stereocenters. The molecule has 0 spiro atoms. The highest BCUT2D eigenvalue weighted by molar-refractivity contribution is 7.88. The van der Waals surface area contributed by atoms with Crippen LogP contribution in [0, 0.1) is 5.92 Å². The van der Waals surface area contributed by atoms with Gasteiger partial charge in [0, 0.05) is 56.1 Å². The first-order valence-corrected chi connectivity index (χ1v) is 14.4. The fraction of sp³-hybridized carbons (Fsp3) is 0.458. The van der Waals surface area contributed by atoms with Gasteiger partial charge in [-0.1, -0.05) is 40.9 Å². The van der Waals surface area contributed by atoms with E-state index in [0.29, 0.717) is 60.1 Å². The van der Waals surface area contributed by atoms with Gasteiger partial charge in [-0.15, -0.1) is 0 Å². The van der Waals surface area contributed by atoms with Gasteiger partial charge in [0.05, 0.1) is 16.3 Å². The van der Waals surface area contributed by atoms with Gasteiger partial charge in [-0.2, -0.15) is 4.31 Å². The van der Waals surface area contributed by atoms with Crippen LogP contribution in [0.15, 0.2) is 42.5 Å². The molecule has 3 atom stereocenters. The lowest BCUT2D eigenvalue weighted by Crippen LogP contribution is -2.53. The van der Waals surface area contributed by atoms with E-state index in [0.717, 1.165) is 5.56 Å². The summed E-state index contributed by atoms with van der Waals surface area (Å²) in [5.41, 5.74) is 0.994. The molecule has 2 aliphatic heterocycles. The average Bonchev–Trinajstić information content (AvgIpc) is 3.27. The molecule has 190 valence electrons. The summed E-state index contributed by atoms with van der Waals surface area (Å²) in [4.78, 5) is 17.0. The van der Waals surface area contributed by atoms with Crippen LogP contribution in [0.4, 0.5) is 4.79 Å². The van der Waals surface area contributed by atoms with E-state index in [2.05, 4.69) is 0 Å². The molecule has 4 rings (SSSR count). The number of rotatable bonds is 5. The number of piperazine rings is 1. The van der Waals surface area contributed by atoms with Crippen LogP contribution in [0.3, 0.4) is 0 Å². The molecule has 2 heterocycles. The predicted octanol–water partition coefficient (Wildman–Crippen LogP) is 4.83. The summed E-state index contributed by atoms with van der Waals surface area (Å²) in [6.45, 7) is 4.33. The minimum absolute atomic E-state index is 0.00387. The number of urea groups is 1. The number of hydrogen-bond donors (Lipinski definition) is 0. The SMILES string of the molecule is C[C@@H](Oc1ccc(Cl)cc1)[C@@H]1CN(C(=O)N2CCN(S(C)(=O)=O)CC2)C[C@@H]1c1ccc(Cl)c(Cl)c1. The van der Waals surface area contributed by atoms with Gasteiger partial charge in [-0.05, 0) is 48.9 Å². The van der Waals surface area contributed by atoms with Gasteiger partial charge in [0.25, 0.3) is 0 Å². The van der Waals surface area contributed by atoms with Crippen molar-refractivity contribution >= 4 is 50.9 Å². The Balaban J connectivity index is 1.52. The van der Waals surface area contributed by atoms with Crippen molar-refractivity contribution < 1.29 is 17.9 Å². The van der Waals surface area contributed by atoms with Gasteiger partial charge in [-0.3, -0.25) is 0 Å². The van der Waals surface area contributed by atoms with E-state index in [-0.39, 0.29) is 24.0 Å². The Bertz CT molecular complexity index is 1170. The van der Waals surface area contributed by atoms with Crippen LogP contribution >= 0.6 is 34.8 Å². The molecule has 0 aromatic heterocycles. The van der Waals surface area contributed by atoms with E-state index < -0.39 is 10.0 Å². The quantitative estimate of drug-likeness (QED) is 0.525. The highest BCUT2D eigenvalue weighted by Crippen LogP contribution is 2.39. The number of sulfonamides is 1. The number of likely N-dealkylation sites (tertiary alicyclic amines) is 1. The molecule has 2 aromatic rings. The third-order valence-electron chi connectivity index (χ3n) is 6.72. The highest BCUT2D eigenvalue weighted by Gasteiger charge is 2.42. The summed E-state index contributed by atoms with van der Waals surface area (Å²) in [6.07, 6.45) is 0.995. The highest BCUT2D eigenvalue weighted by atomic mass is 35.5. The van der Waals surface area contributed by atoms with Gasteiger partial charge in [0.2, 0.25) is 10.0 Å². The van der Waals surface area contributed by atoms with Crippen molar-refractivity contribution in [3.63, 3.8) is 0 Å². The van der Waals surface area contributed by atoms with Gasteiger partial charge >= 0.3 is 6.03 Å². The first-order valence-electron chi connectivity index (χ1n) is 11.4. The topological polar surface area (TPSA) is 70.2 Å². The number of nitrogens with zero attached hydrogens (tertiary/aromatic N) is 3. The zero-order valence-corrected chi connectivity index (χ0v) is 22.6. The Hall–Kier alpha value is -1.71. The lowest BCUT2D eigenvalue weighted by atomic mass is 9.85. The normalized spacial score (nSPS) is 22.3. The number of benzene rings is 2. The van der Waals surface area contributed by atoms with Gasteiger partial charge in [-0.25, -0.2) is 13.2 Å². The van der Waals surface area contributed by atoms with Crippen LogP contribution in [0.2, 0.25) is 15.1 Å². The lowest BCUT2D eigenvalue weighted by molar-refractivity contribution is 0.129. The molecule has 0 N–H and O–H groups in total. The van der Waals surface area contributed by atoms with E-state index in [1.165, 1.54) is 10.6 Å². The Labute approximate surface area is 221 Å². The summed E-state index contributed by atoms with van der Waals surface area (Å²) >= 11 is 18.5. The Kier molecular flexibility index (Phi) is 8.08. The van der Waals surface area contributed by atoms with Crippen molar-refractivity contribution in [1.82, 2.24) is 14.1 Å². The standard InChI is InChI=1S/C24H28Cl3N3O4S/c1-16(34-19-6-4-18(25)5-7-19)20-14-29(15-21(20)17-3-8-22(26)23(27)13-17)24(31)28-9-11-30(12-10-28)35(2,32)33/h3-8,13,16,20-21H,9-12,14-15H2,1-2H3/t16-,20+,21-/m1/s1. The Morgan fingerprint density at radius 2 is 1.60 bits per heavy atom. The van der Waals surface area contributed by atoms with Crippen LogP contribution in [0.25, 0.3) is 0 Å². The molecule has 2 saturated heterocycles. The second-order valence-corrected chi connectivity index (χ2v) is 12.3. The monoisotopic (exact) mass is 559 g/mol. The van der Waals surface area contributed by atoms with Crippen LogP contribution in [-0.4, -0.2) is 80.2 Å².